The van der Waals surface area contributed by atoms with Gasteiger partial charge in [0.05, 0.1) is 40.6 Å². The zero-order chi connectivity index (χ0) is 47.2. The van der Waals surface area contributed by atoms with Gasteiger partial charge in [0, 0.05) is 57.1 Å². The number of ether oxygens (including phenoxy) is 2. The van der Waals surface area contributed by atoms with Gasteiger partial charge in [0.1, 0.15) is 34.9 Å². The number of aromatic nitrogens is 6. The van der Waals surface area contributed by atoms with Gasteiger partial charge in [-0.25, -0.2) is 14.8 Å². The number of piperidine rings is 2. The van der Waals surface area contributed by atoms with E-state index < -0.39 is 29.5 Å². The number of benzene rings is 2. The van der Waals surface area contributed by atoms with Crippen molar-refractivity contribution in [3.63, 3.8) is 0 Å². The molecule has 1 N–H and O–H groups in total. The third-order valence-electron chi connectivity index (χ3n) is 13.8. The maximum absolute atomic E-state index is 14.6. The number of imide groups is 1. The molecular weight excluding hydrogens is 901 g/mol. The fourth-order valence-electron chi connectivity index (χ4n) is 10.5. The Kier molecular flexibility index (Phi) is 10.9. The van der Waals surface area contributed by atoms with E-state index in [9.17, 15) is 28.8 Å². The molecule has 6 aromatic rings. The molecule has 0 bridgehead atoms. The summed E-state index contributed by atoms with van der Waals surface area (Å²) in [6.07, 6.45) is 6.38. The molecule has 3 aliphatic heterocycles. The zero-order valence-electron chi connectivity index (χ0n) is 37.4. The Morgan fingerprint density at radius 1 is 0.955 bits per heavy atom. The van der Waals surface area contributed by atoms with Crippen molar-refractivity contribution >= 4 is 63.6 Å². The lowest BCUT2D eigenvalue weighted by atomic mass is 9.61. The zero-order valence-corrected chi connectivity index (χ0v) is 38.9. The maximum Gasteiger partial charge on any atom is 0.329 e. The first-order valence-corrected chi connectivity index (χ1v) is 22.9. The van der Waals surface area contributed by atoms with E-state index in [0.717, 1.165) is 25.7 Å². The fourth-order valence-corrected chi connectivity index (χ4v) is 10.9. The van der Waals surface area contributed by atoms with Crippen molar-refractivity contribution in [1.29, 1.82) is 0 Å². The summed E-state index contributed by atoms with van der Waals surface area (Å²) in [6, 6.07) is 13.9. The van der Waals surface area contributed by atoms with Crippen molar-refractivity contribution < 1.29 is 28.7 Å². The Labute approximate surface area is 393 Å². The number of methoxy groups -OCH3 is 1. The molecule has 4 amide bonds. The summed E-state index contributed by atoms with van der Waals surface area (Å²) in [5.74, 6) is -0.376. The summed E-state index contributed by atoms with van der Waals surface area (Å²) < 4.78 is 18.5. The molecule has 1 unspecified atom stereocenters. The van der Waals surface area contributed by atoms with Crippen LogP contribution in [0.2, 0.25) is 10.0 Å². The SMILES string of the molecule is COc1ncc(C(=O)N2CCC3(CC2)CC(Oc2cccc4c2n(C)c(=O)n4C2CCC(=O)NC2=O)C3)cc1-c1nc2c(n1C(C)C)[C@H](c1ccc(Cl)cc1)N(c1cc(Cl)cn(C)c1=O)C2=O. The van der Waals surface area contributed by atoms with Crippen molar-refractivity contribution in [2.45, 2.75) is 76.6 Å². The van der Waals surface area contributed by atoms with E-state index in [1.54, 1.807) is 44.4 Å². The fraction of sp³-hybridized carbons (Fsp3) is 0.375. The molecule has 4 aliphatic rings. The second-order valence-electron chi connectivity index (χ2n) is 18.2. The number of nitrogens with zero attached hydrogens (tertiary/aromatic N) is 8. The normalized spacial score (nSPS) is 19.3. The van der Waals surface area contributed by atoms with Crippen molar-refractivity contribution in [3.8, 4) is 23.0 Å². The average molecular weight is 949 g/mol. The Morgan fingerprint density at radius 2 is 1.69 bits per heavy atom. The monoisotopic (exact) mass is 947 g/mol. The summed E-state index contributed by atoms with van der Waals surface area (Å²) in [4.78, 5) is 93.3. The van der Waals surface area contributed by atoms with Crippen LogP contribution in [-0.4, -0.2) is 83.1 Å². The number of para-hydroxylation sites is 1. The van der Waals surface area contributed by atoms with Gasteiger partial charge in [-0.05, 0) is 93.3 Å². The highest BCUT2D eigenvalue weighted by Gasteiger charge is 2.49. The molecule has 1 aliphatic carbocycles. The summed E-state index contributed by atoms with van der Waals surface area (Å²) in [6.45, 7) is 4.98. The van der Waals surface area contributed by atoms with Gasteiger partial charge in [0.25, 0.3) is 17.4 Å². The lowest BCUT2D eigenvalue weighted by molar-refractivity contribution is -0.135. The summed E-state index contributed by atoms with van der Waals surface area (Å²) in [5.41, 5.74) is 2.63. The highest BCUT2D eigenvalue weighted by molar-refractivity contribution is 6.31. The van der Waals surface area contributed by atoms with Crippen LogP contribution in [0.25, 0.3) is 22.4 Å². The van der Waals surface area contributed by atoms with Gasteiger partial charge in [-0.1, -0.05) is 41.4 Å². The van der Waals surface area contributed by atoms with Crippen LogP contribution in [0.1, 0.15) is 103 Å². The lowest BCUT2D eigenvalue weighted by Gasteiger charge is -2.51. The minimum Gasteiger partial charge on any atom is -0.488 e. The van der Waals surface area contributed by atoms with E-state index in [2.05, 4.69) is 10.3 Å². The Balaban J connectivity index is 0.887. The number of amides is 4. The standard InChI is InChI=1S/C48H47Cl2N9O8/c1-25(2)57-40-37(46(64)59(34-20-29(50)24-54(3)45(34)63)38(40)26-9-11-28(49)12-10-26)53-41(57)31-19-27(23-51-43(31)66-5)44(62)56-17-15-48(16-18-56)21-30(22-48)67-35-8-6-7-32-39(35)55(4)47(65)58(32)33-13-14-36(60)52-42(33)61/h6-12,19-20,23-25,30,33,38H,13-18,21-22H2,1-5H3,(H,52,60,61)/t33?,38-/m0/s1. The highest BCUT2D eigenvalue weighted by Crippen LogP contribution is 2.51. The quantitative estimate of drug-likeness (QED) is 0.160. The highest BCUT2D eigenvalue weighted by atomic mass is 35.5. The number of hydrogen-bond acceptors (Lipinski definition) is 10. The van der Waals surface area contributed by atoms with Gasteiger partial charge in [0.15, 0.2) is 5.69 Å². The first-order valence-electron chi connectivity index (χ1n) is 22.2. The maximum atomic E-state index is 14.6. The number of halogens is 2. The van der Waals surface area contributed by atoms with E-state index in [4.69, 9.17) is 37.7 Å². The molecule has 17 nitrogen and oxygen atoms in total. The van der Waals surface area contributed by atoms with Crippen LogP contribution in [0.15, 0.2) is 76.6 Å². The number of fused-ring (bicyclic) bond motifs is 2. The van der Waals surface area contributed by atoms with Crippen molar-refractivity contribution in [1.82, 2.24) is 38.5 Å². The third kappa shape index (κ3) is 7.30. The minimum absolute atomic E-state index is 0.0118. The van der Waals surface area contributed by atoms with Crippen LogP contribution >= 0.6 is 23.2 Å². The van der Waals surface area contributed by atoms with Crippen LogP contribution in [0.3, 0.4) is 0 Å². The number of pyridine rings is 2. The Hall–Kier alpha value is -6.72. The number of carbonyl (C=O) groups excluding carboxylic acids is 4. The largest absolute Gasteiger partial charge is 0.488 e. The number of imidazole rings is 2. The number of anilines is 1. The third-order valence-corrected chi connectivity index (χ3v) is 14.3. The molecule has 2 aromatic carbocycles. The van der Waals surface area contributed by atoms with Crippen molar-refractivity contribution in [2.24, 2.45) is 19.5 Å². The number of hydrogen-bond donors (Lipinski definition) is 1. The van der Waals surface area contributed by atoms with E-state index in [0.29, 0.717) is 63.1 Å². The molecule has 3 fully saturated rings. The molecule has 4 aromatic heterocycles. The predicted octanol–water partition coefficient (Wildman–Crippen LogP) is 6.38. The van der Waals surface area contributed by atoms with Crippen LogP contribution in [-0.2, 0) is 23.7 Å². The van der Waals surface area contributed by atoms with Crippen LogP contribution in [0.5, 0.6) is 11.6 Å². The average Bonchev–Trinajstić information content (AvgIpc) is 3.91. The van der Waals surface area contributed by atoms with E-state index in [1.807, 2.05) is 41.5 Å². The van der Waals surface area contributed by atoms with Gasteiger partial charge in [-0.2, -0.15) is 0 Å². The van der Waals surface area contributed by atoms with E-state index in [1.165, 1.54) is 44.2 Å². The second-order valence-corrected chi connectivity index (χ2v) is 19.1. The van der Waals surface area contributed by atoms with Gasteiger partial charge in [-0.15, -0.1) is 0 Å². The molecule has 7 heterocycles. The smallest absolute Gasteiger partial charge is 0.329 e. The molecule has 2 atom stereocenters. The molecule has 67 heavy (non-hydrogen) atoms. The Bertz CT molecular complexity index is 3170. The van der Waals surface area contributed by atoms with E-state index in [-0.39, 0.29) is 70.2 Å². The molecule has 10 rings (SSSR count). The van der Waals surface area contributed by atoms with Crippen LogP contribution in [0.4, 0.5) is 5.69 Å². The number of carbonyl (C=O) groups is 4. The van der Waals surface area contributed by atoms with Crippen LogP contribution < -0.4 is 30.9 Å². The molecule has 19 heteroatoms. The number of aryl methyl sites for hydroxylation is 2. The van der Waals surface area contributed by atoms with Gasteiger partial charge in [0.2, 0.25) is 17.7 Å². The molecule has 1 spiro atoms. The number of rotatable bonds is 9. The topological polar surface area (TPSA) is 185 Å². The number of likely N-dealkylation sites (tertiary alicyclic amines) is 1. The second kappa shape index (κ2) is 16.6. The van der Waals surface area contributed by atoms with Crippen molar-refractivity contribution in [3.05, 3.63) is 120 Å². The molecule has 0 radical (unpaired) electrons. The molecular formula is C48H47Cl2N9O8. The molecule has 2 saturated heterocycles. The molecule has 1 saturated carbocycles. The van der Waals surface area contributed by atoms with Gasteiger partial charge < -0.3 is 23.5 Å². The van der Waals surface area contributed by atoms with Crippen molar-refractivity contribution in [2.75, 3.05) is 25.1 Å². The lowest BCUT2D eigenvalue weighted by Crippen LogP contribution is -2.52. The summed E-state index contributed by atoms with van der Waals surface area (Å²) in [7, 11) is 4.72. The first-order chi connectivity index (χ1) is 32.1. The van der Waals surface area contributed by atoms with Gasteiger partial charge in [-0.3, -0.25) is 43.3 Å². The Morgan fingerprint density at radius 3 is 2.37 bits per heavy atom. The van der Waals surface area contributed by atoms with Crippen LogP contribution in [0, 0.1) is 5.41 Å². The first kappa shape index (κ1) is 44.1. The molecule has 346 valence electrons. The summed E-state index contributed by atoms with van der Waals surface area (Å²) >= 11 is 12.8. The minimum atomic E-state index is -0.793. The summed E-state index contributed by atoms with van der Waals surface area (Å²) in [5, 5.41) is 3.14. The predicted molar refractivity (Wildman–Crippen MR) is 249 cm³/mol. The van der Waals surface area contributed by atoms with Gasteiger partial charge >= 0.3 is 5.69 Å². The van der Waals surface area contributed by atoms with E-state index >= 15 is 0 Å². The number of nitrogens with one attached hydrogen (secondary N) is 1.